The van der Waals surface area contributed by atoms with Crippen molar-refractivity contribution in [3.8, 4) is 0 Å². The van der Waals surface area contributed by atoms with Crippen molar-refractivity contribution in [2.45, 2.75) is 70.2 Å². The van der Waals surface area contributed by atoms with Gasteiger partial charge in [-0.05, 0) is 85.7 Å². The molecule has 0 bridgehead atoms. The molecule has 1 heterocycles. The van der Waals surface area contributed by atoms with Gasteiger partial charge in [-0.2, -0.15) is 0 Å². The molecule has 0 aromatic heterocycles. The molecule has 198 valence electrons. The summed E-state index contributed by atoms with van der Waals surface area (Å²) < 4.78 is 16.6. The summed E-state index contributed by atoms with van der Waals surface area (Å²) in [6.07, 6.45) is 22.0. The Morgan fingerprint density at radius 1 is 1.19 bits per heavy atom. The van der Waals surface area contributed by atoms with Crippen LogP contribution in [0.25, 0.3) is 10.4 Å². The number of hydrogen-bond acceptors (Lipinski definition) is 6. The van der Waals surface area contributed by atoms with Gasteiger partial charge in [0.1, 0.15) is 6.10 Å². The van der Waals surface area contributed by atoms with Crippen molar-refractivity contribution in [1.29, 1.82) is 0 Å². The second kappa shape index (κ2) is 17.6. The quantitative estimate of drug-likeness (QED) is 0.0217. The second-order valence-electron chi connectivity index (χ2n) is 8.51. The summed E-state index contributed by atoms with van der Waals surface area (Å²) in [6.45, 7) is 1.87. The second-order valence-corrected chi connectivity index (χ2v) is 9.76. The molecule has 0 radical (unpaired) electrons. The zero-order valence-electron chi connectivity index (χ0n) is 21.3. The topological polar surface area (TPSA) is 114 Å². The first-order valence-corrected chi connectivity index (χ1v) is 13.5. The van der Waals surface area contributed by atoms with E-state index in [0.29, 0.717) is 6.42 Å². The molecule has 37 heavy (non-hydrogen) atoms. The summed E-state index contributed by atoms with van der Waals surface area (Å²) in [6, 6.07) is 5.06. The predicted octanol–water partition coefficient (Wildman–Crippen LogP) is 7.67. The number of hydrogen-bond donors (Lipinski definition) is 0. The minimum atomic E-state index is -0.475. The third kappa shape index (κ3) is 12.8. The van der Waals surface area contributed by atoms with Crippen LogP contribution in [0.4, 0.5) is 5.69 Å². The van der Waals surface area contributed by atoms with Crippen LogP contribution in [-0.2, 0) is 19.0 Å². The van der Waals surface area contributed by atoms with Crippen LogP contribution in [0.1, 0.15) is 62.2 Å². The van der Waals surface area contributed by atoms with Crippen LogP contribution in [-0.4, -0.2) is 37.4 Å². The third-order valence-electron chi connectivity index (χ3n) is 5.55. The number of epoxide rings is 1. The lowest BCUT2D eigenvalue weighted by molar-refractivity contribution is -0.140. The van der Waals surface area contributed by atoms with Crippen LogP contribution in [0.3, 0.4) is 0 Å². The van der Waals surface area contributed by atoms with Gasteiger partial charge < -0.3 is 14.2 Å². The highest BCUT2D eigenvalue weighted by Crippen LogP contribution is 2.28. The lowest BCUT2D eigenvalue weighted by atomic mass is 10.1. The highest BCUT2D eigenvalue weighted by atomic mass is 127. The fourth-order valence-corrected chi connectivity index (χ4v) is 3.99. The number of carbonyl (C=O) groups excluding carboxylic acids is 2. The van der Waals surface area contributed by atoms with Gasteiger partial charge in [0.05, 0.1) is 30.6 Å². The fourth-order valence-electron chi connectivity index (χ4n) is 3.49. The average molecular weight is 620 g/mol. The lowest BCUT2D eigenvalue weighted by Crippen LogP contribution is -2.15. The smallest absolute Gasteiger partial charge is 0.338 e. The van der Waals surface area contributed by atoms with E-state index in [1.807, 2.05) is 37.3 Å². The molecular formula is C28H34IN3O5. The van der Waals surface area contributed by atoms with E-state index in [-0.39, 0.29) is 35.5 Å². The molecule has 0 spiro atoms. The Hall–Kier alpha value is -2.88. The molecular weight excluding hydrogens is 585 g/mol. The molecule has 0 aliphatic carbocycles. The number of halogens is 1. The molecule has 1 aromatic carbocycles. The normalized spacial score (nSPS) is 17.9. The van der Waals surface area contributed by atoms with Crippen LogP contribution in [0.5, 0.6) is 0 Å². The number of azide groups is 1. The molecule has 1 unspecified atom stereocenters. The van der Waals surface area contributed by atoms with Crippen molar-refractivity contribution in [1.82, 2.24) is 0 Å². The highest BCUT2D eigenvalue weighted by Gasteiger charge is 2.35. The zero-order chi connectivity index (χ0) is 26.9. The number of esters is 2. The molecule has 1 aromatic rings. The molecule has 1 saturated heterocycles. The van der Waals surface area contributed by atoms with Crippen LogP contribution < -0.4 is 0 Å². The number of unbranched alkanes of at least 4 members (excludes halogenated alkanes) is 1. The van der Waals surface area contributed by atoms with Gasteiger partial charge in [0, 0.05) is 14.9 Å². The van der Waals surface area contributed by atoms with Crippen LogP contribution in [0.15, 0.2) is 71.9 Å². The Bertz CT molecular complexity index is 1060. The summed E-state index contributed by atoms with van der Waals surface area (Å²) in [5.41, 5.74) is 9.24. The zero-order valence-corrected chi connectivity index (χ0v) is 23.5. The third-order valence-corrected chi connectivity index (χ3v) is 6.22. The van der Waals surface area contributed by atoms with E-state index in [2.05, 4.69) is 55.6 Å². The van der Waals surface area contributed by atoms with Gasteiger partial charge >= 0.3 is 11.9 Å². The van der Waals surface area contributed by atoms with Gasteiger partial charge in [0.2, 0.25) is 0 Å². The van der Waals surface area contributed by atoms with Gasteiger partial charge in [-0.25, -0.2) is 4.79 Å². The summed E-state index contributed by atoms with van der Waals surface area (Å²) in [7, 11) is 1.41. The Morgan fingerprint density at radius 3 is 2.78 bits per heavy atom. The fraction of sp³-hybridized carbons (Fsp3) is 0.429. The minimum Gasteiger partial charge on any atom is -0.469 e. The van der Waals surface area contributed by atoms with Gasteiger partial charge in [-0.3, -0.25) is 4.79 Å². The van der Waals surface area contributed by atoms with Crippen molar-refractivity contribution in [2.75, 3.05) is 7.11 Å². The summed E-state index contributed by atoms with van der Waals surface area (Å²) in [5, 5.41) is 3.57. The van der Waals surface area contributed by atoms with Crippen LogP contribution >= 0.6 is 22.6 Å². The number of nitrogens with zero attached hydrogens (tertiary/aromatic N) is 3. The Labute approximate surface area is 232 Å². The number of carbonyl (C=O) groups is 2. The molecule has 8 nitrogen and oxygen atoms in total. The Morgan fingerprint density at radius 2 is 2.00 bits per heavy atom. The Kier molecular flexibility index (Phi) is 14.4. The summed E-state index contributed by atoms with van der Waals surface area (Å²) in [4.78, 5) is 26.3. The van der Waals surface area contributed by atoms with E-state index in [4.69, 9.17) is 15.0 Å². The lowest BCUT2D eigenvalue weighted by Gasteiger charge is -2.14. The van der Waals surface area contributed by atoms with Gasteiger partial charge in [0.25, 0.3) is 0 Å². The average Bonchev–Trinajstić information content (AvgIpc) is 3.63. The van der Waals surface area contributed by atoms with E-state index in [1.54, 1.807) is 18.2 Å². The van der Waals surface area contributed by atoms with E-state index >= 15 is 0 Å². The van der Waals surface area contributed by atoms with Crippen molar-refractivity contribution in [3.63, 3.8) is 0 Å². The van der Waals surface area contributed by atoms with E-state index in [1.165, 1.54) is 7.11 Å². The maximum Gasteiger partial charge on any atom is 0.338 e. The van der Waals surface area contributed by atoms with Crippen molar-refractivity contribution >= 4 is 40.2 Å². The maximum absolute atomic E-state index is 12.5. The number of rotatable bonds is 16. The molecule has 0 amide bonds. The van der Waals surface area contributed by atoms with Crippen molar-refractivity contribution in [3.05, 3.63) is 86.4 Å². The monoisotopic (exact) mass is 619 g/mol. The van der Waals surface area contributed by atoms with Crippen LogP contribution in [0.2, 0.25) is 0 Å². The standard InChI is InChI=1S/C28H34IN3O5/c1-21(36-28(34)23-20-22(29)18-19-24(23)31-32-30)14-11-9-7-5-3-4-6-8-10-12-15-25-26(37-25)16-13-17-27(33)35-2/h4-8,10,12,15,18-21,25-26H,3,9,11,13-14,16-17H2,1-2H3/b6-4-,7-5-,10-8+,15-12+/t21?,25-,26-/m0/s1. The maximum atomic E-state index is 12.5. The highest BCUT2D eigenvalue weighted by molar-refractivity contribution is 14.1. The summed E-state index contributed by atoms with van der Waals surface area (Å²) >= 11 is 2.10. The first kappa shape index (κ1) is 30.3. The van der Waals surface area contributed by atoms with E-state index in [9.17, 15) is 9.59 Å². The number of ether oxygens (including phenoxy) is 3. The van der Waals surface area contributed by atoms with Gasteiger partial charge in [-0.15, -0.1) is 0 Å². The molecule has 1 fully saturated rings. The molecule has 0 N–H and O–H groups in total. The number of benzene rings is 1. The van der Waals surface area contributed by atoms with Crippen molar-refractivity contribution in [2.24, 2.45) is 5.11 Å². The van der Waals surface area contributed by atoms with E-state index < -0.39 is 5.97 Å². The number of methoxy groups -OCH3 is 1. The van der Waals surface area contributed by atoms with Gasteiger partial charge in [-0.1, -0.05) is 59.8 Å². The molecule has 0 saturated carbocycles. The summed E-state index contributed by atoms with van der Waals surface area (Å²) in [5.74, 6) is -0.648. The molecule has 3 atom stereocenters. The SMILES string of the molecule is COC(=O)CCC[C@@H]1O[C@H]1/C=C/C=C/C=C\C/C=C\CCCC(C)OC(=O)c1cc(I)ccc1N=[N+]=[N-]. The van der Waals surface area contributed by atoms with Crippen LogP contribution in [0, 0.1) is 3.57 Å². The molecule has 2 rings (SSSR count). The largest absolute Gasteiger partial charge is 0.469 e. The first-order chi connectivity index (χ1) is 17.9. The van der Waals surface area contributed by atoms with Gasteiger partial charge in [0.15, 0.2) is 0 Å². The van der Waals surface area contributed by atoms with E-state index in [0.717, 1.165) is 42.1 Å². The minimum absolute atomic E-state index is 0.151. The van der Waals surface area contributed by atoms with Crippen molar-refractivity contribution < 1.29 is 23.8 Å². The Balaban J connectivity index is 1.54. The number of allylic oxidation sites excluding steroid dienone is 7. The first-order valence-electron chi connectivity index (χ1n) is 12.4. The molecule has 9 heteroatoms. The molecule has 1 aliphatic heterocycles. The molecule has 1 aliphatic rings. The predicted molar refractivity (Wildman–Crippen MR) is 152 cm³/mol.